The van der Waals surface area contributed by atoms with Crippen molar-refractivity contribution in [3.8, 4) is 33.9 Å². The number of carbonyl (C=O) groups is 1. The zero-order valence-corrected chi connectivity index (χ0v) is 24.1. The van der Waals surface area contributed by atoms with Gasteiger partial charge >= 0.3 is 5.97 Å². The van der Waals surface area contributed by atoms with Crippen molar-refractivity contribution in [1.82, 2.24) is 9.97 Å². The van der Waals surface area contributed by atoms with Gasteiger partial charge in [-0.2, -0.15) is 0 Å². The fourth-order valence-corrected chi connectivity index (χ4v) is 5.21. The lowest BCUT2D eigenvalue weighted by molar-refractivity contribution is -0.385. The van der Waals surface area contributed by atoms with E-state index in [4.69, 9.17) is 32.9 Å². The van der Waals surface area contributed by atoms with Crippen molar-refractivity contribution < 1.29 is 19.2 Å². The van der Waals surface area contributed by atoms with Gasteiger partial charge in [0.15, 0.2) is 0 Å². The number of hydrogen-bond donors (Lipinski definition) is 1. The molecule has 212 valence electrons. The average Bonchev–Trinajstić information content (AvgIpc) is 3.47. The molecule has 1 atom stereocenters. The van der Waals surface area contributed by atoms with Gasteiger partial charge in [0.25, 0.3) is 5.69 Å². The van der Waals surface area contributed by atoms with Crippen molar-refractivity contribution in [3.05, 3.63) is 128 Å². The first kappa shape index (κ1) is 28.9. The van der Waals surface area contributed by atoms with Crippen molar-refractivity contribution in [2.24, 2.45) is 0 Å². The topological polar surface area (TPSA) is 107 Å². The zero-order valence-electron chi connectivity index (χ0n) is 22.6. The molecule has 8 nitrogen and oxygen atoms in total. The van der Waals surface area contributed by atoms with E-state index in [9.17, 15) is 14.9 Å². The number of nitrogens with one attached hydrogen (secondary N) is 1. The van der Waals surface area contributed by atoms with E-state index in [0.29, 0.717) is 15.8 Å². The van der Waals surface area contributed by atoms with Crippen LogP contribution in [0.15, 0.2) is 91.1 Å². The third kappa shape index (κ3) is 6.15. The molecule has 1 unspecified atom stereocenters. The summed E-state index contributed by atoms with van der Waals surface area (Å²) in [6.07, 6.45) is 2.71. The molecule has 5 rings (SSSR count). The Balaban J connectivity index is 1.31. The average molecular weight is 602 g/mol. The van der Waals surface area contributed by atoms with Crippen molar-refractivity contribution in [2.75, 3.05) is 7.11 Å². The van der Waals surface area contributed by atoms with E-state index >= 15 is 0 Å². The number of imidazole rings is 1. The molecule has 0 spiro atoms. The van der Waals surface area contributed by atoms with Gasteiger partial charge in [-0.25, -0.2) is 9.78 Å². The lowest BCUT2D eigenvalue weighted by Gasteiger charge is -2.14. The summed E-state index contributed by atoms with van der Waals surface area (Å²) in [5.74, 6) is 0.916. The SMILES string of the molecule is CCC(c1ccc(-c2ccc(Oc3ccc([N+](=O)[O-])c(C(=O)OC)c3)cc2)cc1)c1nc(-c2ccc(Cl)cc2Cl)c[nH]1. The molecule has 0 amide bonds. The molecule has 0 radical (unpaired) electrons. The first-order chi connectivity index (χ1) is 20.3. The van der Waals surface area contributed by atoms with Gasteiger partial charge in [-0.3, -0.25) is 10.1 Å². The van der Waals surface area contributed by atoms with E-state index < -0.39 is 10.9 Å². The molecule has 0 aliphatic carbocycles. The van der Waals surface area contributed by atoms with E-state index in [1.807, 2.05) is 24.4 Å². The summed E-state index contributed by atoms with van der Waals surface area (Å²) in [7, 11) is 1.17. The van der Waals surface area contributed by atoms with Crippen LogP contribution < -0.4 is 4.74 Å². The van der Waals surface area contributed by atoms with E-state index in [2.05, 4.69) is 40.9 Å². The second-order valence-corrected chi connectivity index (χ2v) is 10.3. The lowest BCUT2D eigenvalue weighted by Crippen LogP contribution is -2.05. The number of nitrogens with zero attached hydrogens (tertiary/aromatic N) is 2. The third-order valence-electron chi connectivity index (χ3n) is 6.85. The van der Waals surface area contributed by atoms with Gasteiger partial charge in [-0.15, -0.1) is 0 Å². The number of aromatic nitrogens is 2. The summed E-state index contributed by atoms with van der Waals surface area (Å²) >= 11 is 12.4. The minimum atomic E-state index is -0.810. The summed E-state index contributed by atoms with van der Waals surface area (Å²) in [6.45, 7) is 2.12. The first-order valence-corrected chi connectivity index (χ1v) is 13.8. The van der Waals surface area contributed by atoms with Crippen LogP contribution in [0.3, 0.4) is 0 Å². The number of hydrogen-bond acceptors (Lipinski definition) is 6. The Kier molecular flexibility index (Phi) is 8.56. The van der Waals surface area contributed by atoms with Gasteiger partial charge in [0.05, 0.1) is 22.7 Å². The fourth-order valence-electron chi connectivity index (χ4n) is 4.71. The standard InChI is InChI=1S/C32H25Cl2N3O5/c1-3-25(31-35-18-29(36-31)26-14-10-22(33)16-28(26)34)21-6-4-19(5-7-21)20-8-11-23(12-9-20)42-24-13-15-30(37(39)40)27(17-24)32(38)41-2/h4-18,25H,3H2,1-2H3,(H,35,36). The summed E-state index contributed by atoms with van der Waals surface area (Å²) in [4.78, 5) is 30.7. The summed E-state index contributed by atoms with van der Waals surface area (Å²) < 4.78 is 10.5. The number of ether oxygens (including phenoxy) is 2. The highest BCUT2D eigenvalue weighted by Gasteiger charge is 2.22. The van der Waals surface area contributed by atoms with Gasteiger partial charge in [-0.1, -0.05) is 66.5 Å². The molecule has 1 aromatic heterocycles. The Morgan fingerprint density at radius 3 is 2.24 bits per heavy atom. The smallest absolute Gasteiger partial charge is 0.345 e. The van der Waals surface area contributed by atoms with Crippen LogP contribution in [-0.4, -0.2) is 28.0 Å². The van der Waals surface area contributed by atoms with Crippen molar-refractivity contribution >= 4 is 34.9 Å². The van der Waals surface area contributed by atoms with Crippen LogP contribution in [0.2, 0.25) is 10.0 Å². The van der Waals surface area contributed by atoms with Crippen LogP contribution in [0.25, 0.3) is 22.4 Å². The Hall–Kier alpha value is -4.66. The van der Waals surface area contributed by atoms with Crippen LogP contribution in [0, 0.1) is 10.1 Å². The van der Waals surface area contributed by atoms with Gasteiger partial charge in [0.1, 0.15) is 22.9 Å². The van der Waals surface area contributed by atoms with Crippen LogP contribution in [-0.2, 0) is 4.74 Å². The van der Waals surface area contributed by atoms with Crippen LogP contribution in [0.4, 0.5) is 5.69 Å². The Labute approximate surface area is 252 Å². The van der Waals surface area contributed by atoms with Crippen molar-refractivity contribution in [3.63, 3.8) is 0 Å². The summed E-state index contributed by atoms with van der Waals surface area (Å²) in [5.41, 5.74) is 4.19. The molecule has 0 saturated carbocycles. The number of aromatic amines is 1. The minimum Gasteiger partial charge on any atom is -0.465 e. The number of carbonyl (C=O) groups excluding carboxylic acids is 1. The highest BCUT2D eigenvalue weighted by atomic mass is 35.5. The normalized spacial score (nSPS) is 11.6. The van der Waals surface area contributed by atoms with Gasteiger partial charge in [0, 0.05) is 34.8 Å². The van der Waals surface area contributed by atoms with Crippen LogP contribution in [0.1, 0.15) is 41.0 Å². The molecule has 4 aromatic carbocycles. The second-order valence-electron chi connectivity index (χ2n) is 9.43. The molecule has 10 heteroatoms. The van der Waals surface area contributed by atoms with Gasteiger partial charge < -0.3 is 14.5 Å². The quantitative estimate of drug-likeness (QED) is 0.102. The number of halogens is 2. The largest absolute Gasteiger partial charge is 0.465 e. The maximum atomic E-state index is 12.0. The second kappa shape index (κ2) is 12.5. The predicted octanol–water partition coefficient (Wildman–Crippen LogP) is 9.08. The van der Waals surface area contributed by atoms with E-state index in [1.165, 1.54) is 25.3 Å². The predicted molar refractivity (Wildman–Crippen MR) is 163 cm³/mol. The number of rotatable bonds is 9. The molecular formula is C32H25Cl2N3O5. The minimum absolute atomic E-state index is 0.0752. The van der Waals surface area contributed by atoms with E-state index in [1.54, 1.807) is 24.3 Å². The monoisotopic (exact) mass is 601 g/mol. The molecule has 1 N–H and O–H groups in total. The number of esters is 1. The first-order valence-electron chi connectivity index (χ1n) is 13.0. The highest BCUT2D eigenvalue weighted by molar-refractivity contribution is 6.36. The molecular weight excluding hydrogens is 577 g/mol. The molecule has 5 aromatic rings. The Morgan fingerprint density at radius 1 is 0.952 bits per heavy atom. The summed E-state index contributed by atoms with van der Waals surface area (Å²) in [6, 6.07) is 25.1. The zero-order chi connectivity index (χ0) is 29.8. The molecule has 1 heterocycles. The molecule has 0 fully saturated rings. The van der Waals surface area contributed by atoms with Crippen molar-refractivity contribution in [1.29, 1.82) is 0 Å². The van der Waals surface area contributed by atoms with Crippen molar-refractivity contribution in [2.45, 2.75) is 19.3 Å². The number of methoxy groups -OCH3 is 1. The number of nitro benzene ring substituents is 1. The molecule has 0 saturated heterocycles. The van der Waals surface area contributed by atoms with Gasteiger partial charge in [-0.05, 0) is 59.5 Å². The maximum absolute atomic E-state index is 12.0. The molecule has 42 heavy (non-hydrogen) atoms. The fraction of sp³-hybridized carbons (Fsp3) is 0.125. The van der Waals surface area contributed by atoms with Crippen LogP contribution >= 0.6 is 23.2 Å². The number of H-pyrrole nitrogens is 1. The summed E-state index contributed by atoms with van der Waals surface area (Å²) in [5, 5.41) is 12.4. The third-order valence-corrected chi connectivity index (χ3v) is 7.40. The number of benzene rings is 4. The lowest BCUT2D eigenvalue weighted by atomic mass is 9.93. The van der Waals surface area contributed by atoms with Gasteiger partial charge in [0.2, 0.25) is 0 Å². The molecule has 0 aliphatic rings. The highest BCUT2D eigenvalue weighted by Crippen LogP contribution is 2.34. The van der Waals surface area contributed by atoms with E-state index in [0.717, 1.165) is 40.2 Å². The Bertz CT molecular complexity index is 1750. The van der Waals surface area contributed by atoms with Crippen LogP contribution in [0.5, 0.6) is 11.5 Å². The number of nitro groups is 1. The Morgan fingerprint density at radius 2 is 1.62 bits per heavy atom. The maximum Gasteiger partial charge on any atom is 0.345 e. The van der Waals surface area contributed by atoms with E-state index in [-0.39, 0.29) is 22.9 Å². The molecule has 0 bridgehead atoms. The molecule has 0 aliphatic heterocycles.